The van der Waals surface area contributed by atoms with Crippen LogP contribution in [-0.4, -0.2) is 19.5 Å². The van der Waals surface area contributed by atoms with Crippen LogP contribution in [0.5, 0.6) is 0 Å². The zero-order valence-corrected chi connectivity index (χ0v) is 33.6. The van der Waals surface area contributed by atoms with Crippen molar-refractivity contribution in [1.82, 2.24) is 19.5 Å². The highest BCUT2D eigenvalue weighted by Crippen LogP contribution is 2.64. The lowest BCUT2D eigenvalue weighted by molar-refractivity contribution is 0.794. The highest BCUT2D eigenvalue weighted by molar-refractivity contribution is 6.17. The van der Waals surface area contributed by atoms with Gasteiger partial charge < -0.3 is 4.57 Å². The monoisotopic (exact) mass is 788 g/mol. The van der Waals surface area contributed by atoms with E-state index in [0.717, 1.165) is 27.9 Å². The fourth-order valence-electron chi connectivity index (χ4n) is 10.5. The molecule has 0 bridgehead atoms. The van der Waals surface area contributed by atoms with Crippen molar-refractivity contribution in [2.75, 3.05) is 0 Å². The summed E-state index contributed by atoms with van der Waals surface area (Å²) < 4.78 is 2.50. The Balaban J connectivity index is 1.12. The fourth-order valence-corrected chi connectivity index (χ4v) is 10.5. The number of rotatable bonds is 5. The molecule has 11 aromatic rings. The number of aromatic nitrogens is 4. The van der Waals surface area contributed by atoms with Crippen molar-refractivity contribution < 1.29 is 0 Å². The van der Waals surface area contributed by atoms with Crippen molar-refractivity contribution in [2.45, 2.75) is 5.41 Å². The van der Waals surface area contributed by atoms with Crippen LogP contribution in [0.4, 0.5) is 0 Å². The second-order valence-corrected chi connectivity index (χ2v) is 16.3. The molecule has 4 heteroatoms. The number of hydrogen-bond donors (Lipinski definition) is 0. The molecule has 62 heavy (non-hydrogen) atoms. The van der Waals surface area contributed by atoms with E-state index in [2.05, 4.69) is 187 Å². The van der Waals surface area contributed by atoms with Crippen LogP contribution in [0.3, 0.4) is 0 Å². The van der Waals surface area contributed by atoms with Gasteiger partial charge in [0.15, 0.2) is 17.5 Å². The van der Waals surface area contributed by atoms with E-state index in [0.29, 0.717) is 17.5 Å². The predicted octanol–water partition coefficient (Wildman–Crippen LogP) is 14.0. The lowest BCUT2D eigenvalue weighted by Gasteiger charge is -2.30. The molecule has 0 radical (unpaired) electrons. The van der Waals surface area contributed by atoms with Crippen LogP contribution in [-0.2, 0) is 5.41 Å². The van der Waals surface area contributed by atoms with Gasteiger partial charge in [-0.1, -0.05) is 200 Å². The van der Waals surface area contributed by atoms with Gasteiger partial charge in [0.05, 0.1) is 16.4 Å². The van der Waals surface area contributed by atoms with Gasteiger partial charge in [-0.2, -0.15) is 0 Å². The van der Waals surface area contributed by atoms with Crippen molar-refractivity contribution in [3.05, 3.63) is 241 Å². The molecule has 0 amide bonds. The summed E-state index contributed by atoms with van der Waals surface area (Å²) in [7, 11) is 0. The Morgan fingerprint density at radius 3 is 1.42 bits per heavy atom. The SMILES string of the molecule is c1ccc(-c2ccc3c4ccc5c(c4n(-c4cccc(-c6nc(-c7ccccc7)nc(-c7ccccc7)n6)c4)c3c2)-c2ccccc2C52c3ccccc3-c3ccccc32)cc1. The minimum atomic E-state index is -0.460. The van der Waals surface area contributed by atoms with Crippen molar-refractivity contribution in [1.29, 1.82) is 0 Å². The first-order valence-electron chi connectivity index (χ1n) is 21.2. The van der Waals surface area contributed by atoms with Crippen molar-refractivity contribution >= 4 is 21.8 Å². The molecule has 0 saturated heterocycles. The molecule has 0 saturated carbocycles. The Kier molecular flexibility index (Phi) is 7.49. The van der Waals surface area contributed by atoms with Crippen LogP contribution in [0.15, 0.2) is 218 Å². The number of nitrogens with zero attached hydrogens (tertiary/aromatic N) is 4. The molecular weight excluding hydrogens is 753 g/mol. The second kappa shape index (κ2) is 13.4. The van der Waals surface area contributed by atoms with Gasteiger partial charge in [0.25, 0.3) is 0 Å². The third kappa shape index (κ3) is 4.92. The van der Waals surface area contributed by atoms with E-state index in [1.165, 1.54) is 71.9 Å². The Morgan fingerprint density at radius 1 is 0.323 bits per heavy atom. The largest absolute Gasteiger partial charge is 0.309 e. The van der Waals surface area contributed by atoms with E-state index in [1.54, 1.807) is 0 Å². The van der Waals surface area contributed by atoms with Gasteiger partial charge in [-0.05, 0) is 68.3 Å². The van der Waals surface area contributed by atoms with E-state index < -0.39 is 5.41 Å². The molecule has 9 aromatic carbocycles. The Bertz CT molecular complexity index is 3470. The van der Waals surface area contributed by atoms with Gasteiger partial charge in [-0.3, -0.25) is 0 Å². The highest BCUT2D eigenvalue weighted by atomic mass is 15.0. The van der Waals surface area contributed by atoms with Crippen LogP contribution in [0.25, 0.3) is 95.0 Å². The first kappa shape index (κ1) is 34.6. The van der Waals surface area contributed by atoms with Crippen molar-refractivity contribution in [3.63, 3.8) is 0 Å². The smallest absolute Gasteiger partial charge is 0.164 e. The minimum Gasteiger partial charge on any atom is -0.309 e. The summed E-state index contributed by atoms with van der Waals surface area (Å²) in [4.78, 5) is 15.3. The fraction of sp³-hybridized carbons (Fsp3) is 0.0172. The molecule has 2 heterocycles. The van der Waals surface area contributed by atoms with Gasteiger partial charge in [-0.15, -0.1) is 0 Å². The molecule has 4 nitrogen and oxygen atoms in total. The quantitative estimate of drug-likeness (QED) is 0.174. The minimum absolute atomic E-state index is 0.460. The molecule has 0 N–H and O–H groups in total. The second-order valence-electron chi connectivity index (χ2n) is 16.3. The lowest BCUT2D eigenvalue weighted by atomic mass is 9.70. The normalized spacial score (nSPS) is 13.0. The van der Waals surface area contributed by atoms with Gasteiger partial charge in [0.2, 0.25) is 0 Å². The summed E-state index contributed by atoms with van der Waals surface area (Å²) in [5.41, 5.74) is 18.5. The number of fused-ring (bicyclic) bond motifs is 14. The summed E-state index contributed by atoms with van der Waals surface area (Å²) in [5, 5.41) is 2.42. The first-order chi connectivity index (χ1) is 30.8. The molecule has 2 aromatic heterocycles. The molecule has 2 aliphatic carbocycles. The van der Waals surface area contributed by atoms with Crippen LogP contribution in [0.1, 0.15) is 22.3 Å². The lowest BCUT2D eigenvalue weighted by Crippen LogP contribution is -2.25. The van der Waals surface area contributed by atoms with Gasteiger partial charge in [-0.25, -0.2) is 15.0 Å². The summed E-state index contributed by atoms with van der Waals surface area (Å²) in [6, 6.07) is 78.6. The van der Waals surface area contributed by atoms with Crippen LogP contribution in [0, 0.1) is 0 Å². The Labute approximate surface area is 359 Å². The molecule has 0 fully saturated rings. The molecule has 0 atom stereocenters. The summed E-state index contributed by atoms with van der Waals surface area (Å²) >= 11 is 0. The molecule has 13 rings (SSSR count). The Hall–Kier alpha value is -8.21. The maximum absolute atomic E-state index is 5.15. The molecule has 2 aliphatic rings. The van der Waals surface area contributed by atoms with Crippen LogP contribution in [0.2, 0.25) is 0 Å². The molecular formula is C58H36N4. The maximum atomic E-state index is 5.15. The molecule has 288 valence electrons. The Morgan fingerprint density at radius 2 is 0.806 bits per heavy atom. The maximum Gasteiger partial charge on any atom is 0.164 e. The van der Waals surface area contributed by atoms with E-state index >= 15 is 0 Å². The molecule has 0 aliphatic heterocycles. The zero-order valence-electron chi connectivity index (χ0n) is 33.6. The van der Waals surface area contributed by atoms with Gasteiger partial charge in [0, 0.05) is 38.7 Å². The highest BCUT2D eigenvalue weighted by Gasteiger charge is 2.52. The molecule has 1 spiro atoms. The van der Waals surface area contributed by atoms with E-state index in [-0.39, 0.29) is 0 Å². The number of benzene rings is 9. The summed E-state index contributed by atoms with van der Waals surface area (Å²) in [6.07, 6.45) is 0. The third-order valence-corrected chi connectivity index (χ3v) is 13.1. The number of hydrogen-bond acceptors (Lipinski definition) is 3. The topological polar surface area (TPSA) is 43.6 Å². The van der Waals surface area contributed by atoms with Gasteiger partial charge in [0.1, 0.15) is 0 Å². The van der Waals surface area contributed by atoms with Crippen molar-refractivity contribution in [3.8, 4) is 73.2 Å². The summed E-state index contributed by atoms with van der Waals surface area (Å²) in [6.45, 7) is 0. The van der Waals surface area contributed by atoms with Crippen LogP contribution >= 0.6 is 0 Å². The van der Waals surface area contributed by atoms with Crippen LogP contribution < -0.4 is 0 Å². The van der Waals surface area contributed by atoms with Gasteiger partial charge >= 0.3 is 0 Å². The van der Waals surface area contributed by atoms with E-state index in [4.69, 9.17) is 15.0 Å². The van der Waals surface area contributed by atoms with Crippen molar-refractivity contribution in [2.24, 2.45) is 0 Å². The average Bonchev–Trinajstić information content (AvgIpc) is 3.96. The third-order valence-electron chi connectivity index (χ3n) is 13.1. The average molecular weight is 789 g/mol. The predicted molar refractivity (Wildman–Crippen MR) is 252 cm³/mol. The molecule has 0 unspecified atom stereocenters. The zero-order chi connectivity index (χ0) is 40.8. The first-order valence-corrected chi connectivity index (χ1v) is 21.2. The summed E-state index contributed by atoms with van der Waals surface area (Å²) in [5.74, 6) is 1.90. The standard InChI is InChI=1S/C58H36N4/c1-4-17-37(18-5-1)40-31-32-45-46-33-34-51-53(47-27-12-15-30-50(47)58(51)48-28-13-10-25-43(48)44-26-11-14-29-49(44)58)54(46)62(52(45)36-40)42-24-16-23-41(35-42)57-60-55(38-19-6-2-7-20-38)59-56(61-57)39-21-8-3-9-22-39/h1-36H. The van der Waals surface area contributed by atoms with E-state index in [9.17, 15) is 0 Å². The van der Waals surface area contributed by atoms with E-state index in [1.807, 2.05) is 36.4 Å².